The Morgan fingerprint density at radius 2 is 2.11 bits per heavy atom. The van der Waals surface area contributed by atoms with Crippen molar-refractivity contribution in [3.63, 3.8) is 0 Å². The fourth-order valence-electron chi connectivity index (χ4n) is 1.38. The molecule has 2 aromatic rings. The van der Waals surface area contributed by atoms with E-state index in [0.29, 0.717) is 11.4 Å². The van der Waals surface area contributed by atoms with E-state index in [1.54, 1.807) is 12.1 Å². The second-order valence-corrected chi connectivity index (χ2v) is 7.30. The first kappa shape index (κ1) is 15.0. The van der Waals surface area contributed by atoms with Gasteiger partial charge in [0.05, 0.1) is 13.7 Å². The van der Waals surface area contributed by atoms with Crippen molar-refractivity contribution in [2.24, 2.45) is 0 Å². The molecule has 2 rings (SSSR count). The third-order valence-corrected chi connectivity index (χ3v) is 5.85. The average Bonchev–Trinajstić information content (AvgIpc) is 2.71. The molecule has 0 saturated heterocycles. The van der Waals surface area contributed by atoms with Crippen molar-refractivity contribution >= 4 is 60.7 Å². The quantitative estimate of drug-likeness (QED) is 0.734. The fourth-order valence-corrected chi connectivity index (χ4v) is 3.53. The molecule has 0 radical (unpaired) electrons. The lowest BCUT2D eigenvalue weighted by atomic mass is 10.2. The molecule has 1 N–H and O–H groups in total. The maximum Gasteiger partial charge on any atom is 0.261 e. The molecular formula is C12H7Br2ClFNOS. The second-order valence-electron chi connectivity index (χ2n) is 3.66. The molecule has 0 aliphatic rings. The first-order valence-electron chi connectivity index (χ1n) is 5.14. The number of carbonyl (C=O) groups excluding carboxylic acids is 1. The maximum atomic E-state index is 13.0. The van der Waals surface area contributed by atoms with Crippen LogP contribution in [0.4, 0.5) is 4.39 Å². The van der Waals surface area contributed by atoms with Crippen LogP contribution in [0.15, 0.2) is 32.5 Å². The third-order valence-electron chi connectivity index (χ3n) is 2.31. The molecule has 0 aliphatic carbocycles. The molecule has 0 bridgehead atoms. The van der Waals surface area contributed by atoms with E-state index < -0.39 is 5.82 Å². The van der Waals surface area contributed by atoms with Crippen LogP contribution in [-0.4, -0.2) is 5.91 Å². The number of nitrogens with one attached hydrogen (secondary N) is 1. The van der Waals surface area contributed by atoms with E-state index in [0.717, 1.165) is 13.8 Å². The summed E-state index contributed by atoms with van der Waals surface area (Å²) in [5, 5.41) is 2.80. The number of amides is 1. The first-order valence-corrected chi connectivity index (χ1v) is 7.92. The van der Waals surface area contributed by atoms with E-state index in [4.69, 9.17) is 11.6 Å². The molecule has 1 aromatic carbocycles. The molecule has 100 valence electrons. The molecule has 19 heavy (non-hydrogen) atoms. The topological polar surface area (TPSA) is 29.1 Å². The van der Waals surface area contributed by atoms with Crippen molar-refractivity contribution in [3.05, 3.63) is 53.8 Å². The lowest BCUT2D eigenvalue weighted by molar-refractivity contribution is 0.0955. The zero-order chi connectivity index (χ0) is 14.0. The van der Waals surface area contributed by atoms with Crippen LogP contribution in [-0.2, 0) is 6.54 Å². The summed E-state index contributed by atoms with van der Waals surface area (Å²) in [5.41, 5.74) is 0.745. The van der Waals surface area contributed by atoms with E-state index >= 15 is 0 Å². The van der Waals surface area contributed by atoms with Gasteiger partial charge in [0.2, 0.25) is 0 Å². The molecule has 1 amide bonds. The standard InChI is InChI=1S/C12H7Br2ClFNOS/c13-7-4-10(19-11(7)14)12(18)17-5-6-1-2-9(16)8(15)3-6/h1-4H,5H2,(H,17,18). The summed E-state index contributed by atoms with van der Waals surface area (Å²) in [7, 11) is 0. The maximum absolute atomic E-state index is 13.0. The number of rotatable bonds is 3. The fraction of sp³-hybridized carbons (Fsp3) is 0.0833. The molecule has 0 saturated carbocycles. The van der Waals surface area contributed by atoms with Crippen LogP contribution in [0, 0.1) is 5.82 Å². The monoisotopic (exact) mass is 425 g/mol. The number of thiophene rings is 1. The lowest BCUT2D eigenvalue weighted by Crippen LogP contribution is -2.21. The van der Waals surface area contributed by atoms with Gasteiger partial charge < -0.3 is 5.32 Å². The van der Waals surface area contributed by atoms with Crippen molar-refractivity contribution in [2.75, 3.05) is 0 Å². The van der Waals surface area contributed by atoms with Gasteiger partial charge in [-0.3, -0.25) is 4.79 Å². The van der Waals surface area contributed by atoms with Crippen LogP contribution >= 0.6 is 54.8 Å². The minimum Gasteiger partial charge on any atom is -0.347 e. The van der Waals surface area contributed by atoms with E-state index in [1.807, 2.05) is 0 Å². The second kappa shape index (κ2) is 6.35. The van der Waals surface area contributed by atoms with Gasteiger partial charge in [0.15, 0.2) is 0 Å². The predicted octanol–water partition coefficient (Wildman–Crippen LogP) is 5.00. The van der Waals surface area contributed by atoms with Gasteiger partial charge in [-0.25, -0.2) is 4.39 Å². The van der Waals surface area contributed by atoms with E-state index in [1.165, 1.54) is 23.5 Å². The highest BCUT2D eigenvalue weighted by molar-refractivity contribution is 9.13. The van der Waals surface area contributed by atoms with Gasteiger partial charge in [-0.15, -0.1) is 11.3 Å². The summed E-state index contributed by atoms with van der Waals surface area (Å²) in [6.45, 7) is 0.298. The molecule has 0 atom stereocenters. The first-order chi connectivity index (χ1) is 8.97. The van der Waals surface area contributed by atoms with Crippen LogP contribution in [0.25, 0.3) is 0 Å². The minimum atomic E-state index is -0.470. The highest BCUT2D eigenvalue weighted by Gasteiger charge is 2.11. The smallest absolute Gasteiger partial charge is 0.261 e. The number of carbonyl (C=O) groups is 1. The Kier molecular flexibility index (Phi) is 5.00. The Morgan fingerprint density at radius 3 is 2.68 bits per heavy atom. The zero-order valence-corrected chi connectivity index (χ0v) is 14.1. The number of hydrogen-bond donors (Lipinski definition) is 1. The molecule has 0 aliphatic heterocycles. The van der Waals surface area contributed by atoms with Gasteiger partial charge in [-0.1, -0.05) is 17.7 Å². The van der Waals surface area contributed by atoms with Crippen molar-refractivity contribution in [1.29, 1.82) is 0 Å². The van der Waals surface area contributed by atoms with Crippen LogP contribution in [0.3, 0.4) is 0 Å². The number of hydrogen-bond acceptors (Lipinski definition) is 2. The number of halogens is 4. The Balaban J connectivity index is 2.02. The average molecular weight is 428 g/mol. The summed E-state index contributed by atoms with van der Waals surface area (Å²) >= 11 is 13.7. The Bertz CT molecular complexity index is 613. The highest BCUT2D eigenvalue weighted by Crippen LogP contribution is 2.32. The van der Waals surface area contributed by atoms with Crippen LogP contribution in [0.1, 0.15) is 15.2 Å². The molecular weight excluding hydrogens is 420 g/mol. The van der Waals surface area contributed by atoms with E-state index in [-0.39, 0.29) is 10.9 Å². The zero-order valence-electron chi connectivity index (χ0n) is 9.34. The van der Waals surface area contributed by atoms with Crippen molar-refractivity contribution < 1.29 is 9.18 Å². The van der Waals surface area contributed by atoms with Gasteiger partial charge in [-0.05, 0) is 55.6 Å². The third kappa shape index (κ3) is 3.78. The summed E-state index contributed by atoms with van der Waals surface area (Å²) in [6.07, 6.45) is 0. The summed E-state index contributed by atoms with van der Waals surface area (Å²) in [6, 6.07) is 6.10. The van der Waals surface area contributed by atoms with E-state index in [2.05, 4.69) is 37.2 Å². The predicted molar refractivity (Wildman–Crippen MR) is 82.3 cm³/mol. The van der Waals surface area contributed by atoms with Gasteiger partial charge >= 0.3 is 0 Å². The summed E-state index contributed by atoms with van der Waals surface area (Å²) < 4.78 is 14.7. The molecule has 0 unspecified atom stereocenters. The van der Waals surface area contributed by atoms with Gasteiger partial charge in [0, 0.05) is 11.0 Å². The van der Waals surface area contributed by atoms with Gasteiger partial charge in [0.1, 0.15) is 5.82 Å². The van der Waals surface area contributed by atoms with Gasteiger partial charge in [-0.2, -0.15) is 0 Å². The molecule has 0 fully saturated rings. The summed E-state index contributed by atoms with van der Waals surface area (Å²) in [4.78, 5) is 12.5. The normalized spacial score (nSPS) is 10.5. The van der Waals surface area contributed by atoms with Crippen molar-refractivity contribution in [2.45, 2.75) is 6.54 Å². The largest absolute Gasteiger partial charge is 0.347 e. The molecule has 2 nitrogen and oxygen atoms in total. The van der Waals surface area contributed by atoms with Crippen LogP contribution in [0.2, 0.25) is 5.02 Å². The molecule has 0 spiro atoms. The molecule has 1 aromatic heterocycles. The minimum absolute atomic E-state index is 0.0494. The Hall–Kier alpha value is -0.430. The Morgan fingerprint density at radius 1 is 1.37 bits per heavy atom. The Labute approximate surface area is 135 Å². The van der Waals surface area contributed by atoms with Crippen LogP contribution < -0.4 is 5.32 Å². The van der Waals surface area contributed by atoms with E-state index in [9.17, 15) is 9.18 Å². The SMILES string of the molecule is O=C(NCc1ccc(F)c(Cl)c1)c1cc(Br)c(Br)s1. The summed E-state index contributed by atoms with van der Waals surface area (Å²) in [5.74, 6) is -0.653. The van der Waals surface area contributed by atoms with Crippen LogP contribution in [0.5, 0.6) is 0 Å². The van der Waals surface area contributed by atoms with Crippen molar-refractivity contribution in [1.82, 2.24) is 5.32 Å². The highest BCUT2D eigenvalue weighted by atomic mass is 79.9. The van der Waals surface area contributed by atoms with Crippen molar-refractivity contribution in [3.8, 4) is 0 Å². The lowest BCUT2D eigenvalue weighted by Gasteiger charge is -2.04. The van der Waals surface area contributed by atoms with Gasteiger partial charge in [0.25, 0.3) is 5.91 Å². The molecule has 1 heterocycles. The molecule has 7 heteroatoms. The number of benzene rings is 1.